The zero-order chi connectivity index (χ0) is 21.6. The maximum Gasteiger partial charge on any atom is 0.416 e. The Labute approximate surface area is 163 Å². The number of nitrogens with one attached hydrogen (secondary N) is 3. The van der Waals surface area contributed by atoms with Crippen molar-refractivity contribution in [3.63, 3.8) is 0 Å². The van der Waals surface area contributed by atoms with Gasteiger partial charge in [-0.05, 0) is 24.3 Å². The molecule has 2 aromatic rings. The summed E-state index contributed by atoms with van der Waals surface area (Å²) in [5, 5.41) is 4.70. The first-order valence-electron chi connectivity index (χ1n) is 8.53. The molecular weight excluding hydrogens is 397 g/mol. The van der Waals surface area contributed by atoms with Crippen molar-refractivity contribution >= 4 is 17.5 Å². The first-order chi connectivity index (χ1) is 13.5. The molecule has 0 saturated heterocycles. The van der Waals surface area contributed by atoms with Gasteiger partial charge in [0.15, 0.2) is 18.2 Å². The smallest absolute Gasteiger partial charge is 0.342 e. The lowest BCUT2D eigenvalue weighted by Gasteiger charge is -2.14. The molecule has 2 rings (SSSR count). The van der Waals surface area contributed by atoms with Gasteiger partial charge in [0, 0.05) is 17.3 Å². The molecule has 5 nitrogen and oxygen atoms in total. The topological polar surface area (TPSA) is 62.6 Å². The maximum absolute atomic E-state index is 13.1. The second-order valence-corrected chi connectivity index (χ2v) is 6.46. The second kappa shape index (κ2) is 9.46. The van der Waals surface area contributed by atoms with Crippen molar-refractivity contribution in [3.05, 3.63) is 65.2 Å². The van der Waals surface area contributed by atoms with Crippen LogP contribution in [0.15, 0.2) is 42.5 Å². The summed E-state index contributed by atoms with van der Waals surface area (Å²) in [6, 6.07) is 7.51. The third-order valence-electron chi connectivity index (χ3n) is 3.90. The average Bonchev–Trinajstić information content (AvgIpc) is 2.62. The van der Waals surface area contributed by atoms with Crippen LogP contribution in [0.4, 0.5) is 27.6 Å². The van der Waals surface area contributed by atoms with Crippen LogP contribution in [-0.2, 0) is 22.3 Å². The molecule has 0 bridgehead atoms. The summed E-state index contributed by atoms with van der Waals surface area (Å²) in [4.78, 5) is 24.4. The molecular formula is C19H19F5N3O2+. The van der Waals surface area contributed by atoms with Crippen molar-refractivity contribution in [1.29, 1.82) is 0 Å². The molecule has 10 heteroatoms. The van der Waals surface area contributed by atoms with Crippen LogP contribution < -0.4 is 15.5 Å². The van der Waals surface area contributed by atoms with Crippen molar-refractivity contribution < 1.29 is 36.4 Å². The van der Waals surface area contributed by atoms with Gasteiger partial charge in [0.05, 0.1) is 19.2 Å². The van der Waals surface area contributed by atoms with E-state index in [1.165, 1.54) is 18.2 Å². The van der Waals surface area contributed by atoms with Gasteiger partial charge in [0.25, 0.3) is 5.91 Å². The third kappa shape index (κ3) is 7.15. The Morgan fingerprint density at radius 1 is 0.966 bits per heavy atom. The van der Waals surface area contributed by atoms with E-state index in [1.54, 1.807) is 7.05 Å². The van der Waals surface area contributed by atoms with E-state index < -0.39 is 35.2 Å². The van der Waals surface area contributed by atoms with E-state index in [9.17, 15) is 31.5 Å². The van der Waals surface area contributed by atoms with Gasteiger partial charge in [-0.1, -0.05) is 12.1 Å². The van der Waals surface area contributed by atoms with Crippen molar-refractivity contribution in [1.82, 2.24) is 5.32 Å². The molecule has 0 aliphatic heterocycles. The summed E-state index contributed by atoms with van der Waals surface area (Å²) in [6.45, 7) is -0.0719. The van der Waals surface area contributed by atoms with E-state index in [4.69, 9.17) is 0 Å². The molecule has 0 aliphatic carbocycles. The van der Waals surface area contributed by atoms with Crippen molar-refractivity contribution in [2.75, 3.05) is 25.5 Å². The van der Waals surface area contributed by atoms with E-state index in [-0.39, 0.29) is 18.8 Å². The van der Waals surface area contributed by atoms with Gasteiger partial charge >= 0.3 is 6.18 Å². The number of likely N-dealkylation sites (N-methyl/N-ethyl adjacent to an activating group) is 1. The van der Waals surface area contributed by atoms with Crippen LogP contribution in [0.1, 0.15) is 11.1 Å². The predicted octanol–water partition coefficient (Wildman–Crippen LogP) is 1.75. The highest BCUT2D eigenvalue weighted by atomic mass is 19.4. The summed E-state index contributed by atoms with van der Waals surface area (Å²) in [5.74, 6) is -3.23. The molecule has 1 unspecified atom stereocenters. The van der Waals surface area contributed by atoms with Gasteiger partial charge in [-0.3, -0.25) is 9.59 Å². The van der Waals surface area contributed by atoms with Crippen molar-refractivity contribution in [2.24, 2.45) is 0 Å². The highest BCUT2D eigenvalue weighted by Crippen LogP contribution is 2.28. The third-order valence-corrected chi connectivity index (χ3v) is 3.90. The van der Waals surface area contributed by atoms with Crippen molar-refractivity contribution in [2.45, 2.75) is 12.7 Å². The van der Waals surface area contributed by atoms with Crippen LogP contribution in [0.25, 0.3) is 0 Å². The number of benzene rings is 2. The number of quaternary nitrogens is 1. The van der Waals surface area contributed by atoms with Gasteiger partial charge in [0.1, 0.15) is 6.54 Å². The van der Waals surface area contributed by atoms with E-state index in [1.807, 2.05) is 0 Å². The SMILES string of the molecule is C[NH+](CC(=O)NCC(=O)Nc1ccc(F)c(F)c1)Cc1ccc(C(F)(F)F)cc1. The normalized spacial score (nSPS) is 12.3. The molecule has 1 atom stereocenters. The Morgan fingerprint density at radius 2 is 1.62 bits per heavy atom. The van der Waals surface area contributed by atoms with Crippen LogP contribution in [0.3, 0.4) is 0 Å². The highest BCUT2D eigenvalue weighted by molar-refractivity contribution is 5.94. The molecule has 0 fully saturated rings. The number of carbonyl (C=O) groups is 2. The lowest BCUT2D eigenvalue weighted by molar-refractivity contribution is -0.885. The van der Waals surface area contributed by atoms with Crippen LogP contribution in [-0.4, -0.2) is 32.0 Å². The lowest BCUT2D eigenvalue weighted by Crippen LogP contribution is -3.08. The Bertz CT molecular complexity index is 869. The van der Waals surface area contributed by atoms with Gasteiger partial charge < -0.3 is 15.5 Å². The first-order valence-corrected chi connectivity index (χ1v) is 8.53. The predicted molar refractivity (Wildman–Crippen MR) is 94.9 cm³/mol. The fourth-order valence-corrected chi connectivity index (χ4v) is 2.52. The number of hydrogen-bond donors (Lipinski definition) is 3. The summed E-state index contributed by atoms with van der Waals surface area (Å²) in [7, 11) is 1.68. The van der Waals surface area contributed by atoms with Gasteiger partial charge in [-0.15, -0.1) is 0 Å². The van der Waals surface area contributed by atoms with Crippen LogP contribution in [0, 0.1) is 11.6 Å². The minimum atomic E-state index is -4.41. The fraction of sp³-hybridized carbons (Fsp3) is 0.263. The number of halogens is 5. The number of amides is 2. The minimum Gasteiger partial charge on any atom is -0.342 e. The molecule has 2 amide bonds. The number of alkyl halides is 3. The van der Waals surface area contributed by atoms with Crippen LogP contribution in [0.2, 0.25) is 0 Å². The summed E-state index contributed by atoms with van der Waals surface area (Å²) in [5.41, 5.74) is -0.0729. The monoisotopic (exact) mass is 416 g/mol. The molecule has 0 aliphatic rings. The summed E-state index contributed by atoms with van der Waals surface area (Å²) >= 11 is 0. The Hall–Kier alpha value is -3.01. The lowest BCUT2D eigenvalue weighted by atomic mass is 10.1. The van der Waals surface area contributed by atoms with Crippen LogP contribution >= 0.6 is 0 Å². The molecule has 0 aromatic heterocycles. The van der Waals surface area contributed by atoms with E-state index in [2.05, 4.69) is 10.6 Å². The first kappa shape index (κ1) is 22.3. The zero-order valence-corrected chi connectivity index (χ0v) is 15.4. The summed E-state index contributed by atoms with van der Waals surface area (Å²) < 4.78 is 63.6. The number of rotatable bonds is 7. The van der Waals surface area contributed by atoms with Crippen LogP contribution in [0.5, 0.6) is 0 Å². The zero-order valence-electron chi connectivity index (χ0n) is 15.4. The largest absolute Gasteiger partial charge is 0.416 e. The average molecular weight is 416 g/mol. The number of hydrogen-bond acceptors (Lipinski definition) is 2. The van der Waals surface area contributed by atoms with Gasteiger partial charge in [-0.2, -0.15) is 13.2 Å². The second-order valence-electron chi connectivity index (χ2n) is 6.46. The molecule has 29 heavy (non-hydrogen) atoms. The Balaban J connectivity index is 1.76. The molecule has 3 N–H and O–H groups in total. The molecule has 0 radical (unpaired) electrons. The molecule has 0 saturated carbocycles. The Kier molecular flexibility index (Phi) is 7.27. The van der Waals surface area contributed by atoms with Gasteiger partial charge in [0.2, 0.25) is 5.91 Å². The van der Waals surface area contributed by atoms with Gasteiger partial charge in [-0.25, -0.2) is 8.78 Å². The molecule has 0 heterocycles. The van der Waals surface area contributed by atoms with E-state index >= 15 is 0 Å². The molecule has 2 aromatic carbocycles. The van der Waals surface area contributed by atoms with Crippen molar-refractivity contribution in [3.8, 4) is 0 Å². The maximum atomic E-state index is 13.1. The minimum absolute atomic E-state index is 0.0144. The highest BCUT2D eigenvalue weighted by Gasteiger charge is 2.30. The summed E-state index contributed by atoms with van der Waals surface area (Å²) in [6.07, 6.45) is -4.41. The molecule has 0 spiro atoms. The Morgan fingerprint density at radius 3 is 2.21 bits per heavy atom. The fourth-order valence-electron chi connectivity index (χ4n) is 2.52. The van der Waals surface area contributed by atoms with E-state index in [0.717, 1.165) is 24.3 Å². The standard InChI is InChI=1S/C19H18F5N3O2/c1-27(10-12-2-4-13(5-3-12)19(22,23)24)11-18(29)25-9-17(28)26-14-6-7-15(20)16(21)8-14/h2-8H,9-11H2,1H3,(H,25,29)(H,26,28)/p+1. The number of carbonyl (C=O) groups excluding carboxylic acids is 2. The molecule has 156 valence electrons. The van der Waals surface area contributed by atoms with E-state index in [0.29, 0.717) is 17.0 Å². The quantitative estimate of drug-likeness (QED) is 0.603. The number of anilines is 1.